The van der Waals surface area contributed by atoms with Crippen LogP contribution in [0.2, 0.25) is 0 Å². The monoisotopic (exact) mass is 241 g/mol. The van der Waals surface area contributed by atoms with Crippen LogP contribution in [-0.4, -0.2) is 6.04 Å². The highest BCUT2D eigenvalue weighted by Crippen LogP contribution is 2.38. The molecule has 2 N–H and O–H groups in total. The summed E-state index contributed by atoms with van der Waals surface area (Å²) in [5.74, 6) is 0.561. The van der Waals surface area contributed by atoms with Gasteiger partial charge in [-0.2, -0.15) is 0 Å². The molecule has 2 aliphatic rings. The summed E-state index contributed by atoms with van der Waals surface area (Å²) >= 11 is 0. The first kappa shape index (κ1) is 12.0. The van der Waals surface area contributed by atoms with Crippen molar-refractivity contribution in [1.29, 1.82) is 0 Å². The van der Waals surface area contributed by atoms with Gasteiger partial charge in [-0.1, -0.05) is 42.3 Å². The van der Waals surface area contributed by atoms with Gasteiger partial charge in [0.1, 0.15) is 0 Å². The minimum absolute atomic E-state index is 0.256. The predicted octanol–water partition coefficient (Wildman–Crippen LogP) is 3.93. The zero-order valence-electron chi connectivity index (χ0n) is 11.1. The fourth-order valence-corrected chi connectivity index (χ4v) is 3.56. The highest BCUT2D eigenvalue weighted by Gasteiger charge is 2.29. The molecule has 2 aliphatic carbocycles. The van der Waals surface area contributed by atoms with Gasteiger partial charge in [-0.3, -0.25) is 0 Å². The van der Waals surface area contributed by atoms with Crippen molar-refractivity contribution < 1.29 is 0 Å². The molecule has 0 heterocycles. The number of allylic oxidation sites excluding steroid dienone is 1. The first-order chi connectivity index (χ1) is 8.86. The van der Waals surface area contributed by atoms with Gasteiger partial charge in [0.15, 0.2) is 0 Å². The molecule has 18 heavy (non-hydrogen) atoms. The van der Waals surface area contributed by atoms with Crippen LogP contribution in [0.4, 0.5) is 0 Å². The van der Waals surface area contributed by atoms with Crippen molar-refractivity contribution in [2.75, 3.05) is 0 Å². The number of hydrogen-bond donors (Lipinski definition) is 1. The van der Waals surface area contributed by atoms with Crippen LogP contribution < -0.4 is 5.73 Å². The van der Waals surface area contributed by atoms with E-state index in [1.54, 1.807) is 0 Å². The van der Waals surface area contributed by atoms with Crippen molar-refractivity contribution in [2.45, 2.75) is 56.9 Å². The summed E-state index contributed by atoms with van der Waals surface area (Å²) < 4.78 is 0. The Labute approximate surface area is 110 Å². The molecule has 0 spiro atoms. The molecule has 0 saturated carbocycles. The lowest BCUT2D eigenvalue weighted by molar-refractivity contribution is 0.561. The van der Waals surface area contributed by atoms with Gasteiger partial charge in [0.05, 0.1) is 0 Å². The summed E-state index contributed by atoms with van der Waals surface area (Å²) in [7, 11) is 0. The molecule has 96 valence electrons. The number of hydrogen-bond acceptors (Lipinski definition) is 1. The molecule has 1 aromatic carbocycles. The average molecular weight is 241 g/mol. The Bertz CT molecular complexity index is 447. The molecule has 3 rings (SSSR count). The number of aryl methyl sites for hydroxylation is 1. The zero-order chi connectivity index (χ0) is 12.4. The van der Waals surface area contributed by atoms with E-state index >= 15 is 0 Å². The van der Waals surface area contributed by atoms with Gasteiger partial charge in [0.2, 0.25) is 0 Å². The van der Waals surface area contributed by atoms with E-state index in [0.717, 1.165) is 0 Å². The highest BCUT2D eigenvalue weighted by atomic mass is 14.7. The highest BCUT2D eigenvalue weighted by molar-refractivity contribution is 5.38. The molecule has 1 nitrogen and oxygen atoms in total. The third kappa shape index (κ3) is 2.24. The molecule has 0 fully saturated rings. The van der Waals surface area contributed by atoms with Gasteiger partial charge in [-0.15, -0.1) is 0 Å². The molecule has 0 saturated heterocycles. The summed E-state index contributed by atoms with van der Waals surface area (Å²) in [5.41, 5.74) is 11.1. The van der Waals surface area contributed by atoms with Crippen molar-refractivity contribution in [3.05, 3.63) is 47.0 Å². The lowest BCUT2D eigenvalue weighted by Crippen LogP contribution is -2.29. The molecule has 0 amide bonds. The second kappa shape index (κ2) is 5.27. The maximum atomic E-state index is 6.57. The van der Waals surface area contributed by atoms with Crippen LogP contribution in [0.1, 0.15) is 55.6 Å². The summed E-state index contributed by atoms with van der Waals surface area (Å²) in [4.78, 5) is 0. The van der Waals surface area contributed by atoms with E-state index < -0.39 is 0 Å². The lowest BCUT2D eigenvalue weighted by Gasteiger charge is -2.23. The number of fused-ring (bicyclic) bond motifs is 1. The van der Waals surface area contributed by atoms with E-state index in [4.69, 9.17) is 5.73 Å². The van der Waals surface area contributed by atoms with Crippen molar-refractivity contribution in [1.82, 2.24) is 0 Å². The molecule has 2 atom stereocenters. The van der Waals surface area contributed by atoms with Crippen LogP contribution >= 0.6 is 0 Å². The van der Waals surface area contributed by atoms with Crippen molar-refractivity contribution in [3.63, 3.8) is 0 Å². The minimum atomic E-state index is 0.256. The number of benzene rings is 1. The zero-order valence-corrected chi connectivity index (χ0v) is 11.1. The van der Waals surface area contributed by atoms with Gasteiger partial charge in [0.25, 0.3) is 0 Å². The smallest absolute Gasteiger partial charge is 0.0323 e. The van der Waals surface area contributed by atoms with E-state index in [1.165, 1.54) is 61.6 Å². The first-order valence-corrected chi connectivity index (χ1v) is 7.38. The third-order valence-corrected chi connectivity index (χ3v) is 4.62. The molecule has 1 aromatic rings. The van der Waals surface area contributed by atoms with Crippen LogP contribution in [0.25, 0.3) is 0 Å². The Morgan fingerprint density at radius 3 is 2.89 bits per heavy atom. The second-order valence-corrected chi connectivity index (χ2v) is 5.75. The van der Waals surface area contributed by atoms with Crippen LogP contribution in [0.3, 0.4) is 0 Å². The molecule has 0 bridgehead atoms. The summed E-state index contributed by atoms with van der Waals surface area (Å²) in [6.45, 7) is 0. The van der Waals surface area contributed by atoms with E-state index in [1.807, 2.05) is 0 Å². The summed E-state index contributed by atoms with van der Waals surface area (Å²) in [6, 6.07) is 9.11. The Morgan fingerprint density at radius 1 is 1.06 bits per heavy atom. The Balaban J connectivity index is 1.81. The number of nitrogens with two attached hydrogens (primary N) is 1. The standard InChI is InChI=1S/C17H23N/c18-17(14-8-3-1-2-4-9-14)16-12-11-13-7-5-6-10-15(13)16/h5-8,10,16-17H,1-4,9,11-12,18H2. The van der Waals surface area contributed by atoms with Crippen LogP contribution in [-0.2, 0) is 6.42 Å². The van der Waals surface area contributed by atoms with Gasteiger partial charge in [-0.25, -0.2) is 0 Å². The van der Waals surface area contributed by atoms with Crippen molar-refractivity contribution in [2.24, 2.45) is 5.73 Å². The van der Waals surface area contributed by atoms with E-state index in [2.05, 4.69) is 30.3 Å². The molecular formula is C17H23N. The summed E-state index contributed by atoms with van der Waals surface area (Å²) in [6.07, 6.45) is 11.4. The molecule has 1 heteroatoms. The maximum Gasteiger partial charge on any atom is 0.0323 e. The van der Waals surface area contributed by atoms with Gasteiger partial charge >= 0.3 is 0 Å². The summed E-state index contributed by atoms with van der Waals surface area (Å²) in [5, 5.41) is 0. The normalized spacial score (nSPS) is 25.2. The van der Waals surface area contributed by atoms with Gasteiger partial charge in [0, 0.05) is 12.0 Å². The SMILES string of the molecule is NC(C1=CCCCCC1)C1CCc2ccccc21. The van der Waals surface area contributed by atoms with Crippen LogP contribution in [0, 0.1) is 0 Å². The van der Waals surface area contributed by atoms with E-state index in [9.17, 15) is 0 Å². The van der Waals surface area contributed by atoms with Crippen LogP contribution in [0.5, 0.6) is 0 Å². The largest absolute Gasteiger partial charge is 0.324 e. The van der Waals surface area contributed by atoms with Gasteiger partial charge in [-0.05, 0) is 49.7 Å². The molecule has 2 unspecified atom stereocenters. The third-order valence-electron chi connectivity index (χ3n) is 4.62. The fourth-order valence-electron chi connectivity index (χ4n) is 3.56. The Kier molecular flexibility index (Phi) is 3.51. The van der Waals surface area contributed by atoms with Crippen LogP contribution in [0.15, 0.2) is 35.9 Å². The molecule has 0 aromatic heterocycles. The average Bonchev–Trinajstić information content (AvgIpc) is 2.65. The Morgan fingerprint density at radius 2 is 1.94 bits per heavy atom. The lowest BCUT2D eigenvalue weighted by atomic mass is 9.87. The predicted molar refractivity (Wildman–Crippen MR) is 76.6 cm³/mol. The maximum absolute atomic E-state index is 6.57. The Hall–Kier alpha value is -1.08. The quantitative estimate of drug-likeness (QED) is 0.780. The van der Waals surface area contributed by atoms with E-state index in [0.29, 0.717) is 5.92 Å². The fraction of sp³-hybridized carbons (Fsp3) is 0.529. The number of rotatable bonds is 2. The molecule has 0 aliphatic heterocycles. The van der Waals surface area contributed by atoms with Gasteiger partial charge < -0.3 is 5.73 Å². The second-order valence-electron chi connectivity index (χ2n) is 5.75. The van der Waals surface area contributed by atoms with Crippen molar-refractivity contribution >= 4 is 0 Å². The minimum Gasteiger partial charge on any atom is -0.324 e. The topological polar surface area (TPSA) is 26.0 Å². The van der Waals surface area contributed by atoms with E-state index in [-0.39, 0.29) is 6.04 Å². The first-order valence-electron chi connectivity index (χ1n) is 7.38. The van der Waals surface area contributed by atoms with Crippen molar-refractivity contribution in [3.8, 4) is 0 Å². The molecular weight excluding hydrogens is 218 g/mol. The molecule has 0 radical (unpaired) electrons.